The van der Waals surface area contributed by atoms with Crippen LogP contribution in [0.1, 0.15) is 36.2 Å². The fourth-order valence-electron chi connectivity index (χ4n) is 2.51. The number of thiophene rings is 1. The molecule has 0 spiro atoms. The molecule has 1 fully saturated rings. The Morgan fingerprint density at radius 2 is 2.13 bits per heavy atom. The maximum Gasteiger partial charge on any atom is 0.360 e. The number of methoxy groups -OCH3 is 1. The van der Waals surface area contributed by atoms with Crippen molar-refractivity contribution in [1.82, 2.24) is 9.88 Å². The fraction of sp³-hybridized carbons (Fsp3) is 0.429. The van der Waals surface area contributed by atoms with E-state index in [1.165, 1.54) is 19.2 Å². The van der Waals surface area contributed by atoms with Gasteiger partial charge in [0.15, 0.2) is 11.5 Å². The van der Waals surface area contributed by atoms with Crippen LogP contribution in [0.2, 0.25) is 0 Å². The highest BCUT2D eigenvalue weighted by atomic mass is 32.2. The minimum absolute atomic E-state index is 0.0155. The Balaban J connectivity index is 1.79. The van der Waals surface area contributed by atoms with Crippen molar-refractivity contribution in [2.45, 2.75) is 35.9 Å². The number of rotatable bonds is 5. The number of esters is 1. The van der Waals surface area contributed by atoms with E-state index in [-0.39, 0.29) is 15.9 Å². The molecular weight excluding hydrogens is 340 g/mol. The van der Waals surface area contributed by atoms with Crippen molar-refractivity contribution < 1.29 is 22.5 Å². The Bertz CT molecular complexity index is 803. The smallest absolute Gasteiger partial charge is 0.360 e. The van der Waals surface area contributed by atoms with Crippen molar-refractivity contribution in [2.24, 2.45) is 0 Å². The Morgan fingerprint density at radius 1 is 1.39 bits per heavy atom. The van der Waals surface area contributed by atoms with Gasteiger partial charge in [-0.15, -0.1) is 11.3 Å². The molecule has 7 nitrogen and oxygen atoms in total. The van der Waals surface area contributed by atoms with E-state index in [4.69, 9.17) is 4.52 Å². The van der Waals surface area contributed by atoms with Crippen molar-refractivity contribution in [2.75, 3.05) is 7.11 Å². The number of nitrogens with zero attached hydrogens (tertiary/aromatic N) is 1. The van der Waals surface area contributed by atoms with Gasteiger partial charge in [0.05, 0.1) is 12.0 Å². The average molecular weight is 356 g/mol. The minimum Gasteiger partial charge on any atom is -0.464 e. The maximum atomic E-state index is 12.4. The summed E-state index contributed by atoms with van der Waals surface area (Å²) in [5.74, 6) is -0.273. The molecule has 0 radical (unpaired) electrons. The zero-order valence-electron chi connectivity index (χ0n) is 12.4. The quantitative estimate of drug-likeness (QED) is 0.826. The first-order chi connectivity index (χ1) is 11.0. The highest BCUT2D eigenvalue weighted by molar-refractivity contribution is 7.91. The number of sulfonamides is 1. The average Bonchev–Trinajstić information content (AvgIpc) is 3.25. The Kier molecular flexibility index (Phi) is 4.51. The lowest BCUT2D eigenvalue weighted by Gasteiger charge is -2.10. The van der Waals surface area contributed by atoms with E-state index in [0.29, 0.717) is 10.6 Å². The number of ether oxygens (including phenoxy) is 1. The van der Waals surface area contributed by atoms with Crippen LogP contribution < -0.4 is 4.72 Å². The van der Waals surface area contributed by atoms with Crippen molar-refractivity contribution in [3.8, 4) is 10.6 Å². The second-order valence-electron chi connectivity index (χ2n) is 5.29. The summed E-state index contributed by atoms with van der Waals surface area (Å²) in [7, 11) is -2.28. The molecule has 1 aliphatic carbocycles. The number of nitrogens with one attached hydrogen (secondary N) is 1. The van der Waals surface area contributed by atoms with Gasteiger partial charge in [0.1, 0.15) is 4.21 Å². The topological polar surface area (TPSA) is 98.5 Å². The molecule has 1 N–H and O–H groups in total. The van der Waals surface area contributed by atoms with Gasteiger partial charge in [0.2, 0.25) is 10.0 Å². The van der Waals surface area contributed by atoms with Crippen molar-refractivity contribution in [3.63, 3.8) is 0 Å². The van der Waals surface area contributed by atoms with Crippen LogP contribution in [0.25, 0.3) is 10.6 Å². The van der Waals surface area contributed by atoms with Crippen LogP contribution in [0.15, 0.2) is 26.9 Å². The zero-order valence-corrected chi connectivity index (χ0v) is 14.1. The highest BCUT2D eigenvalue weighted by Crippen LogP contribution is 2.32. The Hall–Kier alpha value is -1.71. The summed E-state index contributed by atoms with van der Waals surface area (Å²) in [5.41, 5.74) is 0.0457. The molecule has 0 amide bonds. The molecule has 0 unspecified atom stereocenters. The Morgan fingerprint density at radius 3 is 2.83 bits per heavy atom. The largest absolute Gasteiger partial charge is 0.464 e. The van der Waals surface area contributed by atoms with Crippen molar-refractivity contribution in [1.29, 1.82) is 0 Å². The monoisotopic (exact) mass is 356 g/mol. The van der Waals surface area contributed by atoms with Crippen LogP contribution in [-0.4, -0.2) is 32.7 Å². The summed E-state index contributed by atoms with van der Waals surface area (Å²) in [6.45, 7) is 0. The predicted octanol–water partition coefficient (Wildman–Crippen LogP) is 2.41. The van der Waals surface area contributed by atoms with Crippen LogP contribution in [0, 0.1) is 0 Å². The lowest BCUT2D eigenvalue weighted by Crippen LogP contribution is -2.32. The molecule has 0 saturated heterocycles. The molecule has 23 heavy (non-hydrogen) atoms. The minimum atomic E-state index is -3.53. The molecule has 0 atom stereocenters. The Labute approximate surface area is 137 Å². The standard InChI is InChI=1S/C14H16N2O5S2/c1-20-14(17)10-8-11(21-15-10)12-6-7-13(22-12)23(18,19)16-9-4-2-3-5-9/h6-9,16H,2-5H2,1H3. The van der Waals surface area contributed by atoms with Gasteiger partial charge in [-0.25, -0.2) is 17.9 Å². The normalized spacial score (nSPS) is 15.9. The van der Waals surface area contributed by atoms with Crippen LogP contribution in [0.3, 0.4) is 0 Å². The molecular formula is C14H16N2O5S2. The third-order valence-corrected chi connectivity index (χ3v) is 6.78. The first kappa shape index (κ1) is 16.2. The van der Waals surface area contributed by atoms with Gasteiger partial charge in [-0.1, -0.05) is 18.0 Å². The van der Waals surface area contributed by atoms with E-state index in [2.05, 4.69) is 14.6 Å². The zero-order chi connectivity index (χ0) is 16.4. The summed E-state index contributed by atoms with van der Waals surface area (Å²) in [4.78, 5) is 12.0. The number of carbonyl (C=O) groups is 1. The summed E-state index contributed by atoms with van der Waals surface area (Å²) < 4.78 is 37.3. The van der Waals surface area contributed by atoms with Gasteiger partial charge in [0.25, 0.3) is 0 Å². The molecule has 2 aromatic heterocycles. The predicted molar refractivity (Wildman–Crippen MR) is 83.7 cm³/mol. The van der Waals surface area contributed by atoms with Crippen molar-refractivity contribution >= 4 is 27.3 Å². The number of carbonyl (C=O) groups excluding carboxylic acids is 1. The lowest BCUT2D eigenvalue weighted by molar-refractivity contribution is 0.0589. The highest BCUT2D eigenvalue weighted by Gasteiger charge is 2.25. The van der Waals surface area contributed by atoms with Crippen molar-refractivity contribution in [3.05, 3.63) is 23.9 Å². The van der Waals surface area contributed by atoms with Gasteiger partial charge < -0.3 is 9.26 Å². The van der Waals surface area contributed by atoms with E-state index < -0.39 is 16.0 Å². The van der Waals surface area contributed by atoms with E-state index in [9.17, 15) is 13.2 Å². The van der Waals surface area contributed by atoms with Crippen LogP contribution in [0.5, 0.6) is 0 Å². The molecule has 3 rings (SSSR count). The molecule has 0 aliphatic heterocycles. The van der Waals surface area contributed by atoms with E-state index in [1.54, 1.807) is 6.07 Å². The number of hydrogen-bond acceptors (Lipinski definition) is 7. The molecule has 0 aromatic carbocycles. The molecule has 2 aromatic rings. The molecule has 0 bridgehead atoms. The third kappa shape index (κ3) is 3.46. The summed E-state index contributed by atoms with van der Waals surface area (Å²) >= 11 is 1.07. The van der Waals surface area contributed by atoms with E-state index in [0.717, 1.165) is 37.0 Å². The molecule has 1 saturated carbocycles. The molecule has 2 heterocycles. The van der Waals surface area contributed by atoms with Gasteiger partial charge in [0, 0.05) is 12.1 Å². The summed E-state index contributed by atoms with van der Waals surface area (Å²) in [5, 5.41) is 3.61. The second-order valence-corrected chi connectivity index (χ2v) is 8.31. The SMILES string of the molecule is COC(=O)c1cc(-c2ccc(S(=O)(=O)NC3CCCC3)s2)on1. The first-order valence-electron chi connectivity index (χ1n) is 7.17. The molecule has 9 heteroatoms. The van der Waals surface area contributed by atoms with Gasteiger partial charge >= 0.3 is 5.97 Å². The third-order valence-electron chi connectivity index (χ3n) is 3.67. The van der Waals surface area contributed by atoms with Crippen LogP contribution >= 0.6 is 11.3 Å². The fourth-order valence-corrected chi connectivity index (χ4v) is 5.09. The van der Waals surface area contributed by atoms with Crippen LogP contribution in [0.4, 0.5) is 0 Å². The molecule has 1 aliphatic rings. The van der Waals surface area contributed by atoms with E-state index in [1.807, 2.05) is 0 Å². The van der Waals surface area contributed by atoms with Gasteiger partial charge in [-0.05, 0) is 25.0 Å². The van der Waals surface area contributed by atoms with E-state index >= 15 is 0 Å². The first-order valence-corrected chi connectivity index (χ1v) is 9.47. The number of aromatic nitrogens is 1. The maximum absolute atomic E-state index is 12.4. The van der Waals surface area contributed by atoms with Crippen LogP contribution in [-0.2, 0) is 14.8 Å². The summed E-state index contributed by atoms with van der Waals surface area (Å²) in [6.07, 6.45) is 3.86. The van der Waals surface area contributed by atoms with Gasteiger partial charge in [-0.2, -0.15) is 0 Å². The lowest BCUT2D eigenvalue weighted by atomic mass is 10.3. The second kappa shape index (κ2) is 6.42. The number of hydrogen-bond donors (Lipinski definition) is 1. The van der Waals surface area contributed by atoms with Gasteiger partial charge in [-0.3, -0.25) is 0 Å². The molecule has 124 valence electrons. The summed E-state index contributed by atoms with van der Waals surface area (Å²) in [6, 6.07) is 4.60.